The van der Waals surface area contributed by atoms with E-state index < -0.39 is 23.8 Å². The number of anilines is 2. The van der Waals surface area contributed by atoms with Crippen LogP contribution in [0.1, 0.15) is 78.1 Å². The summed E-state index contributed by atoms with van der Waals surface area (Å²) in [6, 6.07) is 22.9. The van der Waals surface area contributed by atoms with E-state index in [1.807, 2.05) is 60.7 Å². The van der Waals surface area contributed by atoms with Gasteiger partial charge in [0.2, 0.25) is 11.8 Å². The van der Waals surface area contributed by atoms with Crippen molar-refractivity contribution < 1.29 is 23.9 Å². The van der Waals surface area contributed by atoms with Gasteiger partial charge in [0.1, 0.15) is 35.4 Å². The van der Waals surface area contributed by atoms with Crippen LogP contribution >= 0.6 is 0 Å². The van der Waals surface area contributed by atoms with Gasteiger partial charge in [0.25, 0.3) is 11.8 Å². The molecule has 0 bridgehead atoms. The summed E-state index contributed by atoms with van der Waals surface area (Å²) < 4.78 is 8.11. The number of imide groups is 2. The van der Waals surface area contributed by atoms with Crippen LogP contribution in [0.15, 0.2) is 79.1 Å². The molecule has 10 rings (SSSR count). The Hall–Kier alpha value is -6.19. The maximum atomic E-state index is 13.4. The summed E-state index contributed by atoms with van der Waals surface area (Å²) in [5, 5.41) is 8.19. The van der Waals surface area contributed by atoms with Gasteiger partial charge in [-0.05, 0) is 119 Å². The van der Waals surface area contributed by atoms with E-state index in [-0.39, 0.29) is 24.8 Å². The first-order valence-electron chi connectivity index (χ1n) is 21.7. The number of nitrogens with zero attached hydrogens (tertiary/aromatic N) is 8. The number of para-hydroxylation sites is 1. The lowest BCUT2D eigenvalue weighted by atomic mass is 9.93. The highest BCUT2D eigenvalue weighted by Gasteiger charge is 2.45. The van der Waals surface area contributed by atoms with Crippen molar-refractivity contribution in [1.82, 2.24) is 39.8 Å². The Morgan fingerprint density at radius 2 is 1.43 bits per heavy atom. The summed E-state index contributed by atoms with van der Waals surface area (Å²) in [5.74, 6) is 0.665. The van der Waals surface area contributed by atoms with Crippen LogP contribution in [0.3, 0.4) is 0 Å². The molecule has 4 amide bonds. The lowest BCUT2D eigenvalue weighted by Gasteiger charge is -2.43. The molecule has 15 heteroatoms. The molecule has 5 aromatic rings. The molecule has 4 fully saturated rings. The summed E-state index contributed by atoms with van der Waals surface area (Å²) in [6.07, 6.45) is 8.24. The van der Waals surface area contributed by atoms with Crippen LogP contribution in [0.5, 0.6) is 11.5 Å². The third kappa shape index (κ3) is 7.61. The van der Waals surface area contributed by atoms with Crippen molar-refractivity contribution in [3.05, 3.63) is 90.3 Å². The van der Waals surface area contributed by atoms with Gasteiger partial charge in [-0.25, -0.2) is 14.6 Å². The van der Waals surface area contributed by atoms with Crippen molar-refractivity contribution >= 4 is 46.2 Å². The molecular weight excluding hydrogens is 773 g/mol. The Bertz CT molecular complexity index is 2470. The minimum atomic E-state index is -0.959. The monoisotopic (exact) mass is 822 g/mol. The molecule has 7 heterocycles. The molecule has 0 saturated carbocycles. The van der Waals surface area contributed by atoms with Crippen molar-refractivity contribution in [1.29, 1.82) is 0 Å². The van der Waals surface area contributed by atoms with Gasteiger partial charge >= 0.3 is 0 Å². The average Bonchev–Trinajstić information content (AvgIpc) is 3.80. The molecule has 15 nitrogen and oxygen atoms in total. The van der Waals surface area contributed by atoms with Crippen molar-refractivity contribution in [3.63, 3.8) is 0 Å². The lowest BCUT2D eigenvalue weighted by molar-refractivity contribution is -0.136. The molecule has 3 aromatic carbocycles. The standard InChI is InChI=1S/C46H50N10O5/c47-42-40-41(30-6-9-35(10-7-30)61-34-4-2-1-3-5-34)51-56(43(40)49-28-48-42)32-18-24-53(25-19-32)31-16-20-52(21-17-31)27-29-14-22-54(23-15-29)33-8-11-36-37(26-33)46(60)55(45(36)59)38-12-13-39(57)50-44(38)58/h1-11,26,28-29,31-32,38H,12-25,27H2,(H2,47,48,49)(H,50,57,58). The number of nitrogens with two attached hydrogens (primary N) is 1. The Morgan fingerprint density at radius 1 is 0.721 bits per heavy atom. The zero-order chi connectivity index (χ0) is 41.6. The normalized spacial score (nSPS) is 21.3. The van der Waals surface area contributed by atoms with E-state index in [2.05, 4.69) is 34.7 Å². The van der Waals surface area contributed by atoms with Gasteiger partial charge in [-0.1, -0.05) is 18.2 Å². The number of benzene rings is 3. The van der Waals surface area contributed by atoms with Crippen LogP contribution in [0.2, 0.25) is 0 Å². The highest BCUT2D eigenvalue weighted by Crippen LogP contribution is 2.37. The fourth-order valence-electron chi connectivity index (χ4n) is 10.1. The Kier molecular flexibility index (Phi) is 10.4. The number of rotatable bonds is 9. The maximum Gasteiger partial charge on any atom is 0.262 e. The van der Waals surface area contributed by atoms with Gasteiger partial charge in [0.15, 0.2) is 5.65 Å². The minimum Gasteiger partial charge on any atom is -0.457 e. The van der Waals surface area contributed by atoms with E-state index in [9.17, 15) is 19.2 Å². The fourth-order valence-corrected chi connectivity index (χ4v) is 10.1. The van der Waals surface area contributed by atoms with Crippen molar-refractivity contribution in [2.45, 2.75) is 69.5 Å². The Balaban J connectivity index is 0.703. The van der Waals surface area contributed by atoms with Crippen LogP contribution in [0, 0.1) is 5.92 Å². The van der Waals surface area contributed by atoms with E-state index >= 15 is 0 Å². The number of aromatic nitrogens is 4. The number of amides is 4. The Labute approximate surface area is 353 Å². The third-order valence-corrected chi connectivity index (χ3v) is 13.5. The van der Waals surface area contributed by atoms with E-state index in [0.717, 1.165) is 116 Å². The van der Waals surface area contributed by atoms with Gasteiger partial charge in [-0.3, -0.25) is 29.4 Å². The van der Waals surface area contributed by atoms with E-state index in [0.29, 0.717) is 28.9 Å². The SMILES string of the molecule is Nc1ncnc2c1c(-c1ccc(Oc3ccccc3)cc1)nn2C1CCN(C2CCN(CC3CCN(c4ccc5c(c4)C(=O)N(C4CCC(=O)NC4=O)C5=O)CC3)CC2)CC1. The first-order chi connectivity index (χ1) is 29.8. The second-order valence-corrected chi connectivity index (χ2v) is 17.1. The number of hydrogen-bond acceptors (Lipinski definition) is 12. The number of carbonyl (C=O) groups is 4. The molecule has 61 heavy (non-hydrogen) atoms. The number of nitrogen functional groups attached to an aromatic ring is 1. The number of fused-ring (bicyclic) bond motifs is 2. The van der Waals surface area contributed by atoms with Crippen molar-refractivity contribution in [2.24, 2.45) is 5.92 Å². The predicted molar refractivity (Wildman–Crippen MR) is 229 cm³/mol. The number of hydrogen-bond donors (Lipinski definition) is 2. The number of carbonyl (C=O) groups excluding carboxylic acids is 4. The molecule has 2 aromatic heterocycles. The Morgan fingerprint density at radius 3 is 2.16 bits per heavy atom. The molecule has 1 unspecified atom stereocenters. The molecule has 4 saturated heterocycles. The molecule has 0 radical (unpaired) electrons. The van der Waals surface area contributed by atoms with Gasteiger partial charge in [-0.2, -0.15) is 5.10 Å². The molecular formula is C46H50N10O5. The smallest absolute Gasteiger partial charge is 0.262 e. The third-order valence-electron chi connectivity index (χ3n) is 13.5. The van der Waals surface area contributed by atoms with Crippen LogP contribution in [0.4, 0.5) is 11.5 Å². The van der Waals surface area contributed by atoms with Crippen molar-refractivity contribution in [3.8, 4) is 22.8 Å². The lowest BCUT2D eigenvalue weighted by Crippen LogP contribution is -2.54. The molecule has 3 N–H and O–H groups in total. The number of piperidine rings is 4. The fraction of sp³-hybridized carbons (Fsp3) is 0.413. The summed E-state index contributed by atoms with van der Waals surface area (Å²) >= 11 is 0. The molecule has 5 aliphatic rings. The predicted octanol–water partition coefficient (Wildman–Crippen LogP) is 5.29. The van der Waals surface area contributed by atoms with Gasteiger partial charge < -0.3 is 25.2 Å². The topological polar surface area (TPSA) is 172 Å². The quantitative estimate of drug-likeness (QED) is 0.185. The average molecular weight is 823 g/mol. The van der Waals surface area contributed by atoms with Crippen LogP contribution < -0.4 is 20.7 Å². The molecule has 314 valence electrons. The number of ether oxygens (including phenoxy) is 1. The van der Waals surface area contributed by atoms with Crippen LogP contribution in [-0.2, 0) is 9.59 Å². The zero-order valence-corrected chi connectivity index (χ0v) is 34.1. The summed E-state index contributed by atoms with van der Waals surface area (Å²) in [4.78, 5) is 68.4. The molecule has 0 aliphatic carbocycles. The summed E-state index contributed by atoms with van der Waals surface area (Å²) in [6.45, 7) is 7.12. The van der Waals surface area contributed by atoms with E-state index in [1.165, 1.54) is 19.2 Å². The first kappa shape index (κ1) is 39.0. The summed E-state index contributed by atoms with van der Waals surface area (Å²) in [7, 11) is 0. The summed E-state index contributed by atoms with van der Waals surface area (Å²) in [5.41, 5.74) is 10.5. The van der Waals surface area contributed by atoms with Crippen molar-refractivity contribution in [2.75, 3.05) is 56.4 Å². The number of nitrogens with one attached hydrogen (secondary N) is 1. The van der Waals surface area contributed by atoms with Gasteiger partial charge in [0, 0.05) is 56.4 Å². The van der Waals surface area contributed by atoms with Crippen LogP contribution in [-0.4, -0.2) is 116 Å². The highest BCUT2D eigenvalue weighted by molar-refractivity contribution is 6.23. The second kappa shape index (κ2) is 16.3. The molecule has 0 spiro atoms. The largest absolute Gasteiger partial charge is 0.457 e. The van der Waals surface area contributed by atoms with Crippen LogP contribution in [0.25, 0.3) is 22.3 Å². The van der Waals surface area contributed by atoms with E-state index in [4.69, 9.17) is 15.6 Å². The first-order valence-corrected chi connectivity index (χ1v) is 21.7. The second-order valence-electron chi connectivity index (χ2n) is 17.1. The molecule has 5 aliphatic heterocycles. The highest BCUT2D eigenvalue weighted by atomic mass is 16.5. The maximum absolute atomic E-state index is 13.4. The van der Waals surface area contributed by atoms with E-state index in [1.54, 1.807) is 12.1 Å². The van der Waals surface area contributed by atoms with Gasteiger partial charge in [0.05, 0.1) is 22.6 Å². The van der Waals surface area contributed by atoms with Gasteiger partial charge in [-0.15, -0.1) is 0 Å². The number of likely N-dealkylation sites (tertiary alicyclic amines) is 2. The minimum absolute atomic E-state index is 0.103. The molecule has 1 atom stereocenters. The zero-order valence-electron chi connectivity index (χ0n) is 34.1.